The standard InChI is InChI=1S/C16H21BF2O4/c1-6-21-13(20)16(18,19)11-8-7-9-12(10-11)17-22-14(2,3)15(4,5)23-17/h7-10H,6H2,1-5H3. The van der Waals surface area contributed by atoms with Crippen LogP contribution >= 0.6 is 0 Å². The average molecular weight is 326 g/mol. The number of carbonyl (C=O) groups is 1. The predicted octanol–water partition coefficient (Wildman–Crippen LogP) is 2.64. The largest absolute Gasteiger partial charge is 0.494 e. The fourth-order valence-corrected chi connectivity index (χ4v) is 2.20. The number of benzene rings is 1. The normalized spacial score (nSPS) is 19.7. The lowest BCUT2D eigenvalue weighted by atomic mass is 9.78. The molecule has 2 rings (SSSR count). The molecule has 0 radical (unpaired) electrons. The first-order valence-corrected chi connectivity index (χ1v) is 7.52. The summed E-state index contributed by atoms with van der Waals surface area (Å²) in [6.45, 7) is 8.89. The number of hydrogen-bond acceptors (Lipinski definition) is 4. The fraction of sp³-hybridized carbons (Fsp3) is 0.562. The minimum atomic E-state index is -3.71. The molecule has 4 nitrogen and oxygen atoms in total. The Morgan fingerprint density at radius 2 is 1.78 bits per heavy atom. The molecule has 1 aliphatic rings. The van der Waals surface area contributed by atoms with Crippen molar-refractivity contribution in [1.82, 2.24) is 0 Å². The number of esters is 1. The van der Waals surface area contributed by atoms with Crippen molar-refractivity contribution in [2.45, 2.75) is 51.7 Å². The molecule has 0 aliphatic carbocycles. The first-order chi connectivity index (χ1) is 10.5. The molecular weight excluding hydrogens is 305 g/mol. The van der Waals surface area contributed by atoms with Crippen molar-refractivity contribution in [3.8, 4) is 0 Å². The van der Waals surface area contributed by atoms with Crippen LogP contribution in [-0.2, 0) is 24.8 Å². The maximum Gasteiger partial charge on any atom is 0.494 e. The smallest absolute Gasteiger partial charge is 0.461 e. The average Bonchev–Trinajstić information content (AvgIpc) is 2.68. The molecule has 0 spiro atoms. The van der Waals surface area contributed by atoms with Crippen LogP contribution in [0.5, 0.6) is 0 Å². The summed E-state index contributed by atoms with van der Waals surface area (Å²) in [5.41, 5.74) is -1.15. The molecule has 1 saturated heterocycles. The van der Waals surface area contributed by atoms with Crippen molar-refractivity contribution >= 4 is 18.6 Å². The van der Waals surface area contributed by atoms with Gasteiger partial charge in [-0.1, -0.05) is 24.3 Å². The lowest BCUT2D eigenvalue weighted by Gasteiger charge is -2.32. The van der Waals surface area contributed by atoms with E-state index in [1.807, 2.05) is 27.7 Å². The molecule has 1 aliphatic heterocycles. The second-order valence-electron chi connectivity index (χ2n) is 6.51. The molecule has 23 heavy (non-hydrogen) atoms. The van der Waals surface area contributed by atoms with Gasteiger partial charge in [-0.2, -0.15) is 8.78 Å². The molecular formula is C16H21BF2O4. The van der Waals surface area contributed by atoms with Crippen molar-refractivity contribution in [3.63, 3.8) is 0 Å². The Labute approximate surface area is 135 Å². The molecule has 0 bridgehead atoms. The summed E-state index contributed by atoms with van der Waals surface area (Å²) < 4.78 is 44.4. The molecule has 1 heterocycles. The summed E-state index contributed by atoms with van der Waals surface area (Å²) in [5.74, 6) is -5.28. The van der Waals surface area contributed by atoms with E-state index in [9.17, 15) is 13.6 Å². The van der Waals surface area contributed by atoms with E-state index in [-0.39, 0.29) is 6.61 Å². The zero-order valence-electron chi connectivity index (χ0n) is 14.0. The maximum atomic E-state index is 14.2. The molecule has 1 aromatic carbocycles. The molecule has 0 N–H and O–H groups in total. The summed E-state index contributed by atoms with van der Waals surface area (Å²) in [7, 11) is -0.766. The maximum absolute atomic E-state index is 14.2. The van der Waals surface area contributed by atoms with Gasteiger partial charge in [0.2, 0.25) is 0 Å². The summed E-state index contributed by atoms with van der Waals surface area (Å²) in [6.07, 6.45) is 0. The van der Waals surface area contributed by atoms with Crippen molar-refractivity contribution in [3.05, 3.63) is 29.8 Å². The van der Waals surface area contributed by atoms with E-state index >= 15 is 0 Å². The molecule has 1 aromatic rings. The van der Waals surface area contributed by atoms with Gasteiger partial charge >= 0.3 is 19.0 Å². The zero-order valence-corrected chi connectivity index (χ0v) is 14.0. The number of halogens is 2. The van der Waals surface area contributed by atoms with Gasteiger partial charge in [-0.25, -0.2) is 4.79 Å². The Kier molecular flexibility index (Phi) is 4.56. The highest BCUT2D eigenvalue weighted by Gasteiger charge is 2.52. The van der Waals surface area contributed by atoms with Crippen LogP contribution in [0.15, 0.2) is 24.3 Å². The number of hydrogen-bond donors (Lipinski definition) is 0. The van der Waals surface area contributed by atoms with Gasteiger partial charge in [0, 0.05) is 5.56 Å². The van der Waals surface area contributed by atoms with Crippen molar-refractivity contribution in [2.24, 2.45) is 0 Å². The summed E-state index contributed by atoms with van der Waals surface area (Å²) in [4.78, 5) is 11.5. The van der Waals surface area contributed by atoms with Crippen molar-refractivity contribution in [1.29, 1.82) is 0 Å². The lowest BCUT2D eigenvalue weighted by Crippen LogP contribution is -2.41. The van der Waals surface area contributed by atoms with E-state index in [2.05, 4.69) is 4.74 Å². The van der Waals surface area contributed by atoms with E-state index < -0.39 is 35.8 Å². The molecule has 1 fully saturated rings. The first-order valence-electron chi connectivity index (χ1n) is 7.52. The van der Waals surface area contributed by atoms with Gasteiger partial charge in [-0.15, -0.1) is 0 Å². The van der Waals surface area contributed by atoms with E-state index in [4.69, 9.17) is 9.31 Å². The Morgan fingerprint density at radius 1 is 1.22 bits per heavy atom. The van der Waals surface area contributed by atoms with Crippen molar-refractivity contribution < 1.29 is 27.6 Å². The van der Waals surface area contributed by atoms with Crippen LogP contribution < -0.4 is 5.46 Å². The Bertz CT molecular complexity index is 585. The number of ether oxygens (including phenoxy) is 1. The van der Waals surface area contributed by atoms with E-state index in [0.717, 1.165) is 0 Å². The number of carbonyl (C=O) groups excluding carboxylic acids is 1. The molecule has 0 atom stereocenters. The van der Waals surface area contributed by atoms with Crippen LogP contribution in [0.1, 0.15) is 40.2 Å². The summed E-state index contributed by atoms with van der Waals surface area (Å²) in [5, 5.41) is 0. The Hall–Kier alpha value is -1.47. The third-order valence-electron chi connectivity index (χ3n) is 4.31. The Morgan fingerprint density at radius 3 is 2.30 bits per heavy atom. The monoisotopic (exact) mass is 326 g/mol. The highest BCUT2D eigenvalue weighted by molar-refractivity contribution is 6.62. The van der Waals surface area contributed by atoms with Crippen LogP contribution in [0.4, 0.5) is 8.78 Å². The van der Waals surface area contributed by atoms with Gasteiger partial charge in [0.25, 0.3) is 0 Å². The summed E-state index contributed by atoms with van der Waals surface area (Å²) >= 11 is 0. The first kappa shape index (κ1) is 17.9. The van der Waals surface area contributed by atoms with Crippen LogP contribution in [0.25, 0.3) is 0 Å². The molecule has 7 heteroatoms. The third-order valence-corrected chi connectivity index (χ3v) is 4.31. The molecule has 0 aromatic heterocycles. The van der Waals surface area contributed by atoms with Gasteiger partial charge in [-0.3, -0.25) is 0 Å². The highest BCUT2D eigenvalue weighted by atomic mass is 19.3. The van der Waals surface area contributed by atoms with Crippen LogP contribution in [0, 0.1) is 0 Å². The van der Waals surface area contributed by atoms with Gasteiger partial charge < -0.3 is 14.0 Å². The topological polar surface area (TPSA) is 44.8 Å². The fourth-order valence-electron chi connectivity index (χ4n) is 2.20. The third kappa shape index (κ3) is 3.26. The molecule has 0 saturated carbocycles. The quantitative estimate of drug-likeness (QED) is 0.630. The van der Waals surface area contributed by atoms with Gasteiger partial charge in [0.15, 0.2) is 0 Å². The molecule has 0 amide bonds. The van der Waals surface area contributed by atoms with Crippen LogP contribution in [0.2, 0.25) is 0 Å². The zero-order chi connectivity index (χ0) is 17.5. The van der Waals surface area contributed by atoms with Crippen molar-refractivity contribution in [2.75, 3.05) is 6.61 Å². The van der Waals surface area contributed by atoms with Gasteiger partial charge in [-0.05, 0) is 40.1 Å². The van der Waals surface area contributed by atoms with Gasteiger partial charge in [0.1, 0.15) is 0 Å². The highest BCUT2D eigenvalue weighted by Crippen LogP contribution is 2.37. The molecule has 126 valence electrons. The van der Waals surface area contributed by atoms with E-state index in [1.165, 1.54) is 25.1 Å². The predicted molar refractivity (Wildman–Crippen MR) is 82.7 cm³/mol. The second-order valence-corrected chi connectivity index (χ2v) is 6.51. The van der Waals surface area contributed by atoms with E-state index in [1.54, 1.807) is 6.07 Å². The van der Waals surface area contributed by atoms with Crippen LogP contribution in [-0.4, -0.2) is 30.9 Å². The minimum absolute atomic E-state index is 0.106. The lowest BCUT2D eigenvalue weighted by molar-refractivity contribution is -0.173. The molecule has 0 unspecified atom stereocenters. The Balaban J connectivity index is 2.30. The van der Waals surface area contributed by atoms with E-state index in [0.29, 0.717) is 5.46 Å². The minimum Gasteiger partial charge on any atom is -0.461 e. The summed E-state index contributed by atoms with van der Waals surface area (Å²) in [6, 6.07) is 5.49. The SMILES string of the molecule is CCOC(=O)C(F)(F)c1cccc(B2OC(C)(C)C(C)(C)O2)c1. The number of rotatable bonds is 4. The second kappa shape index (κ2) is 5.87. The number of alkyl halides is 2. The van der Waals surface area contributed by atoms with Gasteiger partial charge in [0.05, 0.1) is 17.8 Å². The van der Waals surface area contributed by atoms with Crippen LogP contribution in [0.3, 0.4) is 0 Å².